The molecule has 0 bridgehead atoms. The summed E-state index contributed by atoms with van der Waals surface area (Å²) < 4.78 is 10.6. The largest absolute Gasteiger partial charge is 0.493 e. The number of benzene rings is 3. The summed E-state index contributed by atoms with van der Waals surface area (Å²) in [6.45, 7) is 1.19. The van der Waals surface area contributed by atoms with Crippen LogP contribution in [0.3, 0.4) is 0 Å². The lowest BCUT2D eigenvalue weighted by Gasteiger charge is -2.24. The Hall–Kier alpha value is -3.45. The van der Waals surface area contributed by atoms with Gasteiger partial charge in [-0.2, -0.15) is 0 Å². The van der Waals surface area contributed by atoms with E-state index in [1.165, 1.54) is 5.56 Å². The molecule has 2 amide bonds. The lowest BCUT2D eigenvalue weighted by molar-refractivity contribution is -0.128. The fourth-order valence-corrected chi connectivity index (χ4v) is 5.34. The van der Waals surface area contributed by atoms with E-state index in [2.05, 4.69) is 17.4 Å². The molecule has 0 unspecified atom stereocenters. The third-order valence-corrected chi connectivity index (χ3v) is 7.31. The highest BCUT2D eigenvalue weighted by molar-refractivity contribution is 8.00. The van der Waals surface area contributed by atoms with Gasteiger partial charge in [-0.1, -0.05) is 48.5 Å². The van der Waals surface area contributed by atoms with Crippen LogP contribution in [0.25, 0.3) is 0 Å². The van der Waals surface area contributed by atoms with Crippen molar-refractivity contribution in [3.05, 3.63) is 95.1 Å². The van der Waals surface area contributed by atoms with E-state index in [0.29, 0.717) is 42.3 Å². The SMILES string of the molecule is COc1ccc(CCNC(=O)c2ccc([C@H]3SCC(=O)N3CCc3ccccc3)cc2)cc1OC. The van der Waals surface area contributed by atoms with Crippen LogP contribution in [0.5, 0.6) is 11.5 Å². The highest BCUT2D eigenvalue weighted by Crippen LogP contribution is 2.38. The van der Waals surface area contributed by atoms with Crippen molar-refractivity contribution in [3.63, 3.8) is 0 Å². The molecule has 6 nitrogen and oxygen atoms in total. The Balaban J connectivity index is 1.32. The van der Waals surface area contributed by atoms with E-state index >= 15 is 0 Å². The van der Waals surface area contributed by atoms with E-state index in [1.807, 2.05) is 65.6 Å². The summed E-state index contributed by atoms with van der Waals surface area (Å²) in [6.07, 6.45) is 1.51. The minimum atomic E-state index is -0.117. The lowest BCUT2D eigenvalue weighted by Crippen LogP contribution is -2.30. The molecule has 7 heteroatoms. The van der Waals surface area contributed by atoms with Crippen molar-refractivity contribution in [2.75, 3.05) is 33.1 Å². The number of methoxy groups -OCH3 is 2. The first-order chi connectivity index (χ1) is 17.1. The van der Waals surface area contributed by atoms with Gasteiger partial charge in [-0.15, -0.1) is 11.8 Å². The lowest BCUT2D eigenvalue weighted by atomic mass is 10.1. The number of rotatable bonds is 10. The van der Waals surface area contributed by atoms with Gasteiger partial charge in [0.15, 0.2) is 11.5 Å². The van der Waals surface area contributed by atoms with Crippen LogP contribution in [0.1, 0.15) is 32.4 Å². The molecule has 0 aromatic heterocycles. The fraction of sp³-hybridized carbons (Fsp3) is 0.286. The number of hydrogen-bond acceptors (Lipinski definition) is 5. The standard InChI is InChI=1S/C28H30N2O4S/c1-33-24-13-8-21(18-25(24)34-2)14-16-29-27(32)22-9-11-23(12-10-22)28-30(26(31)19-35-28)17-15-20-6-4-3-5-7-20/h3-13,18,28H,14-17,19H2,1-2H3,(H,29,32)/t28-/m1/s1. The molecular weight excluding hydrogens is 460 g/mol. The van der Waals surface area contributed by atoms with Gasteiger partial charge in [0.25, 0.3) is 5.91 Å². The molecule has 1 aliphatic heterocycles. The molecule has 3 aromatic rings. The fourth-order valence-electron chi connectivity index (χ4n) is 4.12. The molecule has 0 aliphatic carbocycles. The maximum Gasteiger partial charge on any atom is 0.251 e. The smallest absolute Gasteiger partial charge is 0.251 e. The van der Waals surface area contributed by atoms with Gasteiger partial charge in [0.1, 0.15) is 5.37 Å². The second-order valence-electron chi connectivity index (χ2n) is 8.30. The highest BCUT2D eigenvalue weighted by atomic mass is 32.2. The average Bonchev–Trinajstić information content (AvgIpc) is 3.28. The highest BCUT2D eigenvalue weighted by Gasteiger charge is 2.32. The first-order valence-electron chi connectivity index (χ1n) is 11.6. The Morgan fingerprint density at radius 2 is 1.69 bits per heavy atom. The molecule has 0 saturated carbocycles. The molecule has 1 atom stereocenters. The maximum absolute atomic E-state index is 12.6. The first kappa shape index (κ1) is 24.7. The summed E-state index contributed by atoms with van der Waals surface area (Å²) in [6, 6.07) is 23.5. The van der Waals surface area contributed by atoms with Gasteiger partial charge in [0.2, 0.25) is 5.91 Å². The van der Waals surface area contributed by atoms with Crippen LogP contribution in [0.15, 0.2) is 72.8 Å². The van der Waals surface area contributed by atoms with Gasteiger partial charge < -0.3 is 19.7 Å². The number of amides is 2. The molecule has 0 radical (unpaired) electrons. The van der Waals surface area contributed by atoms with E-state index in [9.17, 15) is 9.59 Å². The Bertz CT molecular complexity index is 1150. The van der Waals surface area contributed by atoms with Gasteiger partial charge in [-0.25, -0.2) is 0 Å². The molecule has 1 fully saturated rings. The topological polar surface area (TPSA) is 67.9 Å². The number of nitrogens with one attached hydrogen (secondary N) is 1. The monoisotopic (exact) mass is 490 g/mol. The van der Waals surface area contributed by atoms with Crippen LogP contribution in [0.4, 0.5) is 0 Å². The maximum atomic E-state index is 12.6. The Morgan fingerprint density at radius 1 is 0.943 bits per heavy atom. The zero-order valence-electron chi connectivity index (χ0n) is 20.0. The number of thioether (sulfide) groups is 1. The van der Waals surface area contributed by atoms with Crippen molar-refractivity contribution < 1.29 is 19.1 Å². The number of carbonyl (C=O) groups is 2. The Morgan fingerprint density at radius 3 is 2.40 bits per heavy atom. The van der Waals surface area contributed by atoms with E-state index in [1.54, 1.807) is 26.0 Å². The van der Waals surface area contributed by atoms with E-state index in [0.717, 1.165) is 17.5 Å². The van der Waals surface area contributed by atoms with Crippen molar-refractivity contribution in [2.45, 2.75) is 18.2 Å². The second-order valence-corrected chi connectivity index (χ2v) is 9.37. The second kappa shape index (κ2) is 11.8. The zero-order valence-corrected chi connectivity index (χ0v) is 20.8. The van der Waals surface area contributed by atoms with Crippen LogP contribution in [0, 0.1) is 0 Å². The summed E-state index contributed by atoms with van der Waals surface area (Å²) in [5, 5.41) is 2.96. The predicted molar refractivity (Wildman–Crippen MR) is 139 cm³/mol. The first-order valence-corrected chi connectivity index (χ1v) is 12.7. The molecule has 3 aromatic carbocycles. The minimum absolute atomic E-state index is 0.0200. The van der Waals surface area contributed by atoms with Crippen LogP contribution < -0.4 is 14.8 Å². The van der Waals surface area contributed by atoms with Crippen molar-refractivity contribution in [1.29, 1.82) is 0 Å². The summed E-state index contributed by atoms with van der Waals surface area (Å²) in [7, 11) is 3.21. The van der Waals surface area contributed by atoms with Gasteiger partial charge in [0.05, 0.1) is 20.0 Å². The third-order valence-electron chi connectivity index (χ3n) is 6.06. The molecule has 1 heterocycles. The third kappa shape index (κ3) is 6.17. The van der Waals surface area contributed by atoms with Crippen LogP contribution >= 0.6 is 11.8 Å². The molecule has 1 aliphatic rings. The van der Waals surface area contributed by atoms with E-state index < -0.39 is 0 Å². The van der Waals surface area contributed by atoms with Crippen molar-refractivity contribution in [3.8, 4) is 11.5 Å². The quantitative estimate of drug-likeness (QED) is 0.454. The van der Waals surface area contributed by atoms with E-state index in [4.69, 9.17) is 9.47 Å². The van der Waals surface area contributed by atoms with Gasteiger partial charge in [-0.05, 0) is 53.8 Å². The van der Waals surface area contributed by atoms with Crippen LogP contribution in [-0.4, -0.2) is 49.8 Å². The number of nitrogens with zero attached hydrogens (tertiary/aromatic N) is 1. The molecule has 1 saturated heterocycles. The Labute approximate surface area is 210 Å². The van der Waals surface area contributed by atoms with E-state index in [-0.39, 0.29) is 17.2 Å². The molecule has 35 heavy (non-hydrogen) atoms. The molecule has 0 spiro atoms. The number of ether oxygens (including phenoxy) is 2. The van der Waals surface area contributed by atoms with Crippen LogP contribution in [0.2, 0.25) is 0 Å². The summed E-state index contributed by atoms with van der Waals surface area (Å²) in [5.41, 5.74) is 3.91. The number of hydrogen-bond donors (Lipinski definition) is 1. The zero-order chi connectivity index (χ0) is 24.6. The van der Waals surface area contributed by atoms with Crippen molar-refractivity contribution >= 4 is 23.6 Å². The van der Waals surface area contributed by atoms with Crippen LogP contribution in [-0.2, 0) is 17.6 Å². The average molecular weight is 491 g/mol. The molecular formula is C28H30N2O4S. The van der Waals surface area contributed by atoms with Crippen molar-refractivity contribution in [1.82, 2.24) is 10.2 Å². The summed E-state index contributed by atoms with van der Waals surface area (Å²) >= 11 is 1.63. The summed E-state index contributed by atoms with van der Waals surface area (Å²) in [5.74, 6) is 1.88. The molecule has 182 valence electrons. The van der Waals surface area contributed by atoms with Gasteiger partial charge in [-0.3, -0.25) is 9.59 Å². The summed E-state index contributed by atoms with van der Waals surface area (Å²) in [4.78, 5) is 27.1. The normalized spacial score (nSPS) is 15.2. The van der Waals surface area contributed by atoms with Crippen molar-refractivity contribution in [2.24, 2.45) is 0 Å². The minimum Gasteiger partial charge on any atom is -0.493 e. The Kier molecular flexibility index (Phi) is 8.32. The molecule has 4 rings (SSSR count). The van der Waals surface area contributed by atoms with Gasteiger partial charge >= 0.3 is 0 Å². The predicted octanol–water partition coefficient (Wildman–Crippen LogP) is 4.49. The van der Waals surface area contributed by atoms with Gasteiger partial charge in [0, 0.05) is 18.7 Å². The molecule has 1 N–H and O–H groups in total. The number of carbonyl (C=O) groups excluding carboxylic acids is 2.